The highest BCUT2D eigenvalue weighted by molar-refractivity contribution is 7.89. The van der Waals surface area contributed by atoms with E-state index in [0.717, 1.165) is 32.2 Å². The number of hydrogen-bond acceptors (Lipinski definition) is 4. The van der Waals surface area contributed by atoms with E-state index >= 15 is 0 Å². The first kappa shape index (κ1) is 18.9. The molecule has 0 aliphatic carbocycles. The monoisotopic (exact) mass is 320 g/mol. The Bertz CT molecular complexity index is 384. The van der Waals surface area contributed by atoms with E-state index in [2.05, 4.69) is 19.2 Å². The summed E-state index contributed by atoms with van der Waals surface area (Å²) in [7, 11) is -3.23. The van der Waals surface area contributed by atoms with Crippen LogP contribution in [-0.2, 0) is 14.8 Å². The molecule has 1 aliphatic rings. The maximum absolute atomic E-state index is 12.6. The number of ether oxygens (including phenoxy) is 1. The number of rotatable bonds is 9. The van der Waals surface area contributed by atoms with Crippen LogP contribution in [0.5, 0.6) is 0 Å². The van der Waals surface area contributed by atoms with Crippen LogP contribution in [0.1, 0.15) is 53.4 Å². The van der Waals surface area contributed by atoms with Crippen molar-refractivity contribution in [3.63, 3.8) is 0 Å². The predicted molar refractivity (Wildman–Crippen MR) is 87.0 cm³/mol. The average Bonchev–Trinajstić information content (AvgIpc) is 2.44. The van der Waals surface area contributed by atoms with E-state index < -0.39 is 10.0 Å². The topological polar surface area (TPSA) is 58.6 Å². The molecule has 2 unspecified atom stereocenters. The van der Waals surface area contributed by atoms with Gasteiger partial charge in [-0.05, 0) is 46.6 Å². The van der Waals surface area contributed by atoms with Crippen LogP contribution in [0.2, 0.25) is 0 Å². The summed E-state index contributed by atoms with van der Waals surface area (Å²) in [4.78, 5) is 0. The maximum Gasteiger partial charge on any atom is 0.216 e. The second-order valence-electron chi connectivity index (χ2n) is 6.15. The van der Waals surface area contributed by atoms with Gasteiger partial charge in [0.1, 0.15) is 0 Å². The Morgan fingerprint density at radius 3 is 2.62 bits per heavy atom. The first-order chi connectivity index (χ1) is 9.88. The van der Waals surface area contributed by atoms with Gasteiger partial charge < -0.3 is 10.1 Å². The van der Waals surface area contributed by atoms with Crippen LogP contribution in [0.25, 0.3) is 0 Å². The molecule has 126 valence electrons. The van der Waals surface area contributed by atoms with Gasteiger partial charge in [-0.15, -0.1) is 0 Å². The summed E-state index contributed by atoms with van der Waals surface area (Å²) >= 11 is 0. The molecule has 21 heavy (non-hydrogen) atoms. The summed E-state index contributed by atoms with van der Waals surface area (Å²) in [6.45, 7) is 9.92. The fourth-order valence-electron chi connectivity index (χ4n) is 2.79. The zero-order chi connectivity index (χ0) is 15.9. The maximum atomic E-state index is 12.6. The van der Waals surface area contributed by atoms with E-state index in [-0.39, 0.29) is 30.5 Å². The highest BCUT2D eigenvalue weighted by Gasteiger charge is 2.34. The first-order valence-corrected chi connectivity index (χ1v) is 9.84. The molecule has 1 heterocycles. The minimum Gasteiger partial charge on any atom is -0.378 e. The number of piperidine rings is 1. The fourth-order valence-corrected chi connectivity index (χ4v) is 4.44. The molecule has 2 atom stereocenters. The van der Waals surface area contributed by atoms with Gasteiger partial charge in [0.2, 0.25) is 10.0 Å². The molecule has 1 saturated heterocycles. The van der Waals surface area contributed by atoms with Crippen molar-refractivity contribution in [2.24, 2.45) is 0 Å². The van der Waals surface area contributed by atoms with Gasteiger partial charge >= 0.3 is 0 Å². The Morgan fingerprint density at radius 1 is 1.29 bits per heavy atom. The van der Waals surface area contributed by atoms with Crippen molar-refractivity contribution < 1.29 is 13.2 Å². The van der Waals surface area contributed by atoms with Crippen molar-refractivity contribution in [1.29, 1.82) is 0 Å². The largest absolute Gasteiger partial charge is 0.378 e. The minimum atomic E-state index is -3.23. The predicted octanol–water partition coefficient (Wildman–Crippen LogP) is 1.98. The Balaban J connectivity index is 2.66. The van der Waals surface area contributed by atoms with Crippen LogP contribution in [0, 0.1) is 0 Å². The van der Waals surface area contributed by atoms with Crippen LogP contribution in [-0.4, -0.2) is 56.4 Å². The zero-order valence-electron chi connectivity index (χ0n) is 14.0. The molecule has 0 bridgehead atoms. The summed E-state index contributed by atoms with van der Waals surface area (Å²) in [5, 5.41) is 3.44. The summed E-state index contributed by atoms with van der Waals surface area (Å²) in [6.07, 6.45) is 4.15. The summed E-state index contributed by atoms with van der Waals surface area (Å²) in [5.41, 5.74) is 0. The lowest BCUT2D eigenvalue weighted by molar-refractivity contribution is 0.0900. The molecule has 0 saturated carbocycles. The molecule has 1 N–H and O–H groups in total. The summed E-state index contributed by atoms with van der Waals surface area (Å²) < 4.78 is 32.3. The normalized spacial score (nSPS) is 22.6. The quantitative estimate of drug-likeness (QED) is 0.706. The van der Waals surface area contributed by atoms with Gasteiger partial charge in [0.05, 0.1) is 18.5 Å². The van der Waals surface area contributed by atoms with E-state index in [0.29, 0.717) is 6.54 Å². The molecule has 1 aliphatic heterocycles. The van der Waals surface area contributed by atoms with Crippen LogP contribution in [0.15, 0.2) is 0 Å². The van der Waals surface area contributed by atoms with Gasteiger partial charge in [0, 0.05) is 18.6 Å². The Labute approximate surface area is 130 Å². The molecule has 1 rings (SSSR count). The van der Waals surface area contributed by atoms with E-state index in [1.807, 2.05) is 13.8 Å². The SMILES string of the molecule is CCCNC(C)C1CCCCN1S(=O)(=O)CCOC(C)C. The number of sulfonamides is 1. The molecule has 0 aromatic heterocycles. The van der Waals surface area contributed by atoms with Crippen LogP contribution < -0.4 is 5.32 Å². The fraction of sp³-hybridized carbons (Fsp3) is 1.00. The van der Waals surface area contributed by atoms with Gasteiger partial charge in [-0.3, -0.25) is 0 Å². The molecular weight excluding hydrogens is 288 g/mol. The van der Waals surface area contributed by atoms with Gasteiger partial charge in [0.25, 0.3) is 0 Å². The van der Waals surface area contributed by atoms with Crippen molar-refractivity contribution >= 4 is 10.0 Å². The molecule has 1 fully saturated rings. The second kappa shape index (κ2) is 9.08. The lowest BCUT2D eigenvalue weighted by Crippen LogP contribution is -2.54. The minimum absolute atomic E-state index is 0.0718. The molecule has 5 nitrogen and oxygen atoms in total. The standard InChI is InChI=1S/C15H32N2O3S/c1-5-9-16-14(4)15-8-6-7-10-17(15)21(18,19)12-11-20-13(2)3/h13-16H,5-12H2,1-4H3. The number of nitrogens with zero attached hydrogens (tertiary/aromatic N) is 1. The smallest absolute Gasteiger partial charge is 0.216 e. The molecule has 0 aromatic carbocycles. The molecule has 0 spiro atoms. The molecule has 0 aromatic rings. The zero-order valence-corrected chi connectivity index (χ0v) is 14.8. The molecule has 6 heteroatoms. The van der Waals surface area contributed by atoms with Crippen molar-refractivity contribution in [3.8, 4) is 0 Å². The number of nitrogens with one attached hydrogen (secondary N) is 1. The van der Waals surface area contributed by atoms with Gasteiger partial charge in [0.15, 0.2) is 0 Å². The Morgan fingerprint density at radius 2 is 2.00 bits per heavy atom. The van der Waals surface area contributed by atoms with Crippen molar-refractivity contribution in [3.05, 3.63) is 0 Å². The molecule has 0 radical (unpaired) electrons. The van der Waals surface area contributed by atoms with Gasteiger partial charge in [-0.2, -0.15) is 4.31 Å². The van der Waals surface area contributed by atoms with Gasteiger partial charge in [-0.1, -0.05) is 13.3 Å². The third-order valence-corrected chi connectivity index (χ3v) is 5.79. The van der Waals surface area contributed by atoms with Gasteiger partial charge in [-0.25, -0.2) is 8.42 Å². The van der Waals surface area contributed by atoms with E-state index in [4.69, 9.17) is 4.74 Å². The summed E-state index contributed by atoms with van der Waals surface area (Å²) in [5.74, 6) is 0.0855. The van der Waals surface area contributed by atoms with Crippen molar-refractivity contribution in [2.45, 2.75) is 71.6 Å². The third kappa shape index (κ3) is 6.22. The lowest BCUT2D eigenvalue weighted by Gasteiger charge is -2.38. The molecule has 0 amide bonds. The number of hydrogen-bond donors (Lipinski definition) is 1. The lowest BCUT2D eigenvalue weighted by atomic mass is 9.99. The average molecular weight is 320 g/mol. The first-order valence-electron chi connectivity index (χ1n) is 8.23. The highest BCUT2D eigenvalue weighted by atomic mass is 32.2. The van der Waals surface area contributed by atoms with Crippen LogP contribution in [0.3, 0.4) is 0 Å². The Kier molecular flexibility index (Phi) is 8.16. The van der Waals surface area contributed by atoms with E-state index in [9.17, 15) is 8.42 Å². The van der Waals surface area contributed by atoms with Crippen molar-refractivity contribution in [1.82, 2.24) is 9.62 Å². The van der Waals surface area contributed by atoms with E-state index in [1.165, 1.54) is 0 Å². The van der Waals surface area contributed by atoms with Crippen LogP contribution >= 0.6 is 0 Å². The van der Waals surface area contributed by atoms with E-state index in [1.54, 1.807) is 4.31 Å². The van der Waals surface area contributed by atoms with Crippen LogP contribution in [0.4, 0.5) is 0 Å². The summed E-state index contributed by atoms with van der Waals surface area (Å²) in [6, 6.07) is 0.278. The second-order valence-corrected chi connectivity index (χ2v) is 8.19. The van der Waals surface area contributed by atoms with Crippen molar-refractivity contribution in [2.75, 3.05) is 25.4 Å². The third-order valence-electron chi connectivity index (χ3n) is 3.94. The highest BCUT2D eigenvalue weighted by Crippen LogP contribution is 2.23. The Hall–Kier alpha value is -0.170. The molecular formula is C15H32N2O3S.